The zero-order chi connectivity index (χ0) is 20.9. The lowest BCUT2D eigenvalue weighted by Crippen LogP contribution is -2.28. The largest absolute Gasteiger partial charge is 0.454 e. The molecule has 0 atom stereocenters. The van der Waals surface area contributed by atoms with Crippen molar-refractivity contribution >= 4 is 11.3 Å². The van der Waals surface area contributed by atoms with Gasteiger partial charge >= 0.3 is 6.18 Å². The van der Waals surface area contributed by atoms with E-state index in [2.05, 4.69) is 0 Å². The Bertz CT molecular complexity index is 1170. The molecular formula is C24H18F3NO2. The van der Waals surface area contributed by atoms with Crippen LogP contribution in [0.4, 0.5) is 18.9 Å². The Morgan fingerprint density at radius 2 is 1.60 bits per heavy atom. The van der Waals surface area contributed by atoms with Gasteiger partial charge in [-0.2, -0.15) is 13.2 Å². The topological polar surface area (TPSA) is 21.7 Å². The van der Waals surface area contributed by atoms with E-state index in [0.29, 0.717) is 18.0 Å². The molecule has 6 heteroatoms. The van der Waals surface area contributed by atoms with Crippen LogP contribution in [0.1, 0.15) is 29.2 Å². The van der Waals surface area contributed by atoms with Crippen molar-refractivity contribution in [1.82, 2.24) is 0 Å². The van der Waals surface area contributed by atoms with Crippen LogP contribution in [0.15, 0.2) is 72.4 Å². The molecule has 0 amide bonds. The first-order valence-corrected chi connectivity index (χ1v) is 9.56. The first-order chi connectivity index (χ1) is 14.4. The lowest BCUT2D eigenvalue weighted by atomic mass is 9.88. The summed E-state index contributed by atoms with van der Waals surface area (Å²) in [5, 5.41) is 0. The summed E-state index contributed by atoms with van der Waals surface area (Å²) in [6.07, 6.45) is -4.44. The van der Waals surface area contributed by atoms with E-state index in [-0.39, 0.29) is 12.5 Å². The minimum atomic E-state index is -4.44. The molecule has 0 aromatic heterocycles. The summed E-state index contributed by atoms with van der Waals surface area (Å²) in [6, 6.07) is 19.2. The number of hydrogen-bond acceptors (Lipinski definition) is 3. The summed E-state index contributed by atoms with van der Waals surface area (Å²) in [7, 11) is 0. The molecule has 0 spiro atoms. The van der Waals surface area contributed by atoms with Crippen LogP contribution in [0.25, 0.3) is 5.57 Å². The standard InChI is InChI=1S/C24H18F3NO2/c1-15-23(16-10-11-21-22(12-16)30-14-29-21)18-7-3-2-6-17(18)13-28(15)20-9-5-4-8-19(20)24(25,26)27/h2-12H,13-14H2,1H3. The normalized spacial score (nSPS) is 15.4. The number of ether oxygens (including phenoxy) is 2. The molecule has 2 heterocycles. The molecule has 0 bridgehead atoms. The molecule has 2 aliphatic heterocycles. The molecule has 0 N–H and O–H groups in total. The van der Waals surface area contributed by atoms with Gasteiger partial charge in [0.25, 0.3) is 0 Å². The third-order valence-electron chi connectivity index (χ3n) is 5.54. The van der Waals surface area contributed by atoms with Crippen molar-refractivity contribution in [1.29, 1.82) is 0 Å². The van der Waals surface area contributed by atoms with Gasteiger partial charge in [-0.05, 0) is 47.9 Å². The lowest BCUT2D eigenvalue weighted by molar-refractivity contribution is -0.137. The van der Waals surface area contributed by atoms with Gasteiger partial charge in [-0.3, -0.25) is 0 Å². The quantitative estimate of drug-likeness (QED) is 0.501. The molecule has 3 nitrogen and oxygen atoms in total. The zero-order valence-corrected chi connectivity index (χ0v) is 16.2. The molecule has 0 saturated heterocycles. The minimum Gasteiger partial charge on any atom is -0.454 e. The molecular weight excluding hydrogens is 391 g/mol. The second kappa shape index (κ2) is 6.83. The second-order valence-electron chi connectivity index (χ2n) is 7.29. The van der Waals surface area contributed by atoms with Crippen LogP contribution in [-0.4, -0.2) is 6.79 Å². The molecule has 0 aliphatic carbocycles. The Hall–Kier alpha value is -3.41. The van der Waals surface area contributed by atoms with Crippen LogP contribution < -0.4 is 14.4 Å². The third kappa shape index (κ3) is 3.00. The zero-order valence-electron chi connectivity index (χ0n) is 16.2. The van der Waals surface area contributed by atoms with Gasteiger partial charge in [0.2, 0.25) is 6.79 Å². The van der Waals surface area contributed by atoms with Crippen LogP contribution in [0.2, 0.25) is 0 Å². The second-order valence-corrected chi connectivity index (χ2v) is 7.29. The highest BCUT2D eigenvalue weighted by Gasteiger charge is 2.36. The monoisotopic (exact) mass is 409 g/mol. The van der Waals surface area contributed by atoms with Gasteiger partial charge < -0.3 is 14.4 Å². The maximum Gasteiger partial charge on any atom is 0.418 e. The number of allylic oxidation sites excluding steroid dienone is 1. The number of nitrogens with zero attached hydrogens (tertiary/aromatic N) is 1. The van der Waals surface area contributed by atoms with E-state index in [4.69, 9.17) is 9.47 Å². The fourth-order valence-electron chi connectivity index (χ4n) is 4.15. The summed E-state index contributed by atoms with van der Waals surface area (Å²) in [5.41, 5.74) is 3.99. The number of anilines is 1. The summed E-state index contributed by atoms with van der Waals surface area (Å²) >= 11 is 0. The number of para-hydroxylation sites is 1. The first kappa shape index (κ1) is 18.6. The molecule has 0 fully saturated rings. The smallest absolute Gasteiger partial charge is 0.418 e. The predicted octanol–water partition coefficient (Wildman–Crippen LogP) is 6.23. The van der Waals surface area contributed by atoms with Crippen molar-refractivity contribution < 1.29 is 22.6 Å². The Kier molecular flexibility index (Phi) is 4.24. The van der Waals surface area contributed by atoms with Crippen molar-refractivity contribution in [3.8, 4) is 11.5 Å². The SMILES string of the molecule is CC1=C(c2ccc3c(c2)OCO3)c2ccccc2CN1c1ccccc1C(F)(F)F. The van der Waals surface area contributed by atoms with Crippen LogP contribution in [-0.2, 0) is 12.7 Å². The highest BCUT2D eigenvalue weighted by molar-refractivity contribution is 5.88. The maximum absolute atomic E-state index is 13.7. The molecule has 3 aromatic carbocycles. The first-order valence-electron chi connectivity index (χ1n) is 9.56. The molecule has 152 valence electrons. The van der Waals surface area contributed by atoms with Crippen LogP contribution in [0.5, 0.6) is 11.5 Å². The number of alkyl halides is 3. The Labute approximate surface area is 172 Å². The van der Waals surface area contributed by atoms with E-state index in [0.717, 1.165) is 34.0 Å². The molecule has 2 aliphatic rings. The van der Waals surface area contributed by atoms with Crippen molar-refractivity contribution in [2.75, 3.05) is 11.7 Å². The lowest BCUT2D eigenvalue weighted by Gasteiger charge is -2.35. The number of benzene rings is 3. The average Bonchev–Trinajstić information content (AvgIpc) is 3.20. The summed E-state index contributed by atoms with van der Waals surface area (Å²) in [5.74, 6) is 1.30. The minimum absolute atomic E-state index is 0.148. The van der Waals surface area contributed by atoms with Gasteiger partial charge in [0.1, 0.15) is 0 Å². The van der Waals surface area contributed by atoms with E-state index < -0.39 is 11.7 Å². The summed E-state index contributed by atoms with van der Waals surface area (Å²) in [4.78, 5) is 1.74. The number of rotatable bonds is 2. The van der Waals surface area contributed by atoms with Gasteiger partial charge in [0, 0.05) is 17.8 Å². The molecule has 0 unspecified atom stereocenters. The van der Waals surface area contributed by atoms with Gasteiger partial charge in [-0.25, -0.2) is 0 Å². The van der Waals surface area contributed by atoms with E-state index in [1.807, 2.05) is 49.4 Å². The third-order valence-corrected chi connectivity index (χ3v) is 5.54. The Morgan fingerprint density at radius 1 is 0.867 bits per heavy atom. The molecule has 30 heavy (non-hydrogen) atoms. The number of fused-ring (bicyclic) bond motifs is 2. The predicted molar refractivity (Wildman–Crippen MR) is 108 cm³/mol. The van der Waals surface area contributed by atoms with E-state index in [1.165, 1.54) is 12.1 Å². The van der Waals surface area contributed by atoms with Gasteiger partial charge in [0.05, 0.1) is 11.3 Å². The van der Waals surface area contributed by atoms with Crippen molar-refractivity contribution in [3.63, 3.8) is 0 Å². The fourth-order valence-corrected chi connectivity index (χ4v) is 4.15. The van der Waals surface area contributed by atoms with Crippen LogP contribution in [0.3, 0.4) is 0 Å². The van der Waals surface area contributed by atoms with E-state index in [9.17, 15) is 13.2 Å². The maximum atomic E-state index is 13.7. The molecule has 0 radical (unpaired) electrons. The van der Waals surface area contributed by atoms with Gasteiger partial charge in [-0.15, -0.1) is 0 Å². The Morgan fingerprint density at radius 3 is 2.43 bits per heavy atom. The fraction of sp³-hybridized carbons (Fsp3) is 0.167. The Balaban J connectivity index is 1.72. The highest BCUT2D eigenvalue weighted by atomic mass is 19.4. The highest BCUT2D eigenvalue weighted by Crippen LogP contribution is 2.44. The van der Waals surface area contributed by atoms with Gasteiger partial charge in [-0.1, -0.05) is 42.5 Å². The van der Waals surface area contributed by atoms with Crippen LogP contribution >= 0.6 is 0 Å². The van der Waals surface area contributed by atoms with Gasteiger partial charge in [0.15, 0.2) is 11.5 Å². The molecule has 5 rings (SSSR count). The number of hydrogen-bond donors (Lipinski definition) is 0. The summed E-state index contributed by atoms with van der Waals surface area (Å²) in [6.45, 7) is 2.39. The number of halogens is 3. The van der Waals surface area contributed by atoms with E-state index in [1.54, 1.807) is 11.0 Å². The average molecular weight is 409 g/mol. The van der Waals surface area contributed by atoms with Crippen LogP contribution in [0, 0.1) is 0 Å². The molecule has 3 aromatic rings. The van der Waals surface area contributed by atoms with Crippen molar-refractivity contribution in [3.05, 3.63) is 94.7 Å². The van der Waals surface area contributed by atoms with E-state index >= 15 is 0 Å². The van der Waals surface area contributed by atoms with Crippen molar-refractivity contribution in [2.24, 2.45) is 0 Å². The molecule has 0 saturated carbocycles. The van der Waals surface area contributed by atoms with Crippen molar-refractivity contribution in [2.45, 2.75) is 19.6 Å². The summed E-state index contributed by atoms with van der Waals surface area (Å²) < 4.78 is 52.1.